The van der Waals surface area contributed by atoms with Crippen molar-refractivity contribution in [3.05, 3.63) is 28.8 Å². The molecule has 1 fully saturated rings. The zero-order valence-electron chi connectivity index (χ0n) is 9.32. The minimum atomic E-state index is 0.345. The molecule has 3 heteroatoms. The van der Waals surface area contributed by atoms with Gasteiger partial charge in [-0.15, -0.1) is 0 Å². The van der Waals surface area contributed by atoms with Crippen LogP contribution in [-0.4, -0.2) is 18.6 Å². The zero-order chi connectivity index (χ0) is 11.1. The van der Waals surface area contributed by atoms with Crippen molar-refractivity contribution in [2.75, 3.05) is 11.4 Å². The molecule has 0 spiro atoms. The minimum absolute atomic E-state index is 0.345. The number of halogens is 1. The lowest BCUT2D eigenvalue weighted by Gasteiger charge is -2.45. The van der Waals surface area contributed by atoms with E-state index in [2.05, 4.69) is 17.0 Å². The van der Waals surface area contributed by atoms with E-state index in [1.807, 2.05) is 6.07 Å². The van der Waals surface area contributed by atoms with Crippen molar-refractivity contribution >= 4 is 17.3 Å². The van der Waals surface area contributed by atoms with Gasteiger partial charge in [0.05, 0.1) is 0 Å². The average molecular weight is 237 g/mol. The summed E-state index contributed by atoms with van der Waals surface area (Å²) in [6.45, 7) is 1.15. The normalized spacial score (nSPS) is 28.5. The number of hydrogen-bond donors (Lipinski definition) is 1. The van der Waals surface area contributed by atoms with Crippen molar-refractivity contribution in [1.82, 2.24) is 0 Å². The van der Waals surface area contributed by atoms with Crippen LogP contribution in [0.25, 0.3) is 0 Å². The molecule has 2 aliphatic heterocycles. The molecule has 0 radical (unpaired) electrons. The van der Waals surface area contributed by atoms with E-state index in [-0.39, 0.29) is 0 Å². The molecular formula is C13H17ClN2. The van der Waals surface area contributed by atoms with Crippen LogP contribution in [0.3, 0.4) is 0 Å². The topological polar surface area (TPSA) is 29.3 Å². The number of aryl methyl sites for hydroxylation is 1. The van der Waals surface area contributed by atoms with Crippen LogP contribution in [0.4, 0.5) is 5.69 Å². The number of nitrogens with two attached hydrogens (primary N) is 1. The zero-order valence-corrected chi connectivity index (χ0v) is 10.1. The van der Waals surface area contributed by atoms with Crippen molar-refractivity contribution < 1.29 is 0 Å². The van der Waals surface area contributed by atoms with Gasteiger partial charge in [-0.2, -0.15) is 0 Å². The molecule has 2 heterocycles. The summed E-state index contributed by atoms with van der Waals surface area (Å²) in [6, 6.07) is 7.14. The largest absolute Gasteiger partial charge is 0.367 e. The highest BCUT2D eigenvalue weighted by atomic mass is 35.5. The van der Waals surface area contributed by atoms with Crippen LogP contribution in [0.5, 0.6) is 0 Å². The third-order valence-electron chi connectivity index (χ3n) is 3.89. The lowest BCUT2D eigenvalue weighted by Crippen LogP contribution is -2.54. The fourth-order valence-electron chi connectivity index (χ4n) is 3.09. The molecule has 3 rings (SSSR count). The fourth-order valence-corrected chi connectivity index (χ4v) is 3.29. The molecular weight excluding hydrogens is 220 g/mol. The highest BCUT2D eigenvalue weighted by Crippen LogP contribution is 2.36. The van der Waals surface area contributed by atoms with Crippen LogP contribution in [-0.2, 0) is 6.42 Å². The summed E-state index contributed by atoms with van der Waals surface area (Å²) in [5.74, 6) is 0. The maximum Gasteiger partial charge on any atom is 0.0444 e. The standard InChI is InChI=1S/C13H17ClN2/c14-10-4-6-12-9(8-10)3-5-13-11(15)2-1-7-16(12)13/h4,6,8,11,13H,1-3,5,7,15H2. The second kappa shape index (κ2) is 3.94. The molecule has 0 bridgehead atoms. The Balaban J connectivity index is 1.99. The molecule has 1 aromatic carbocycles. The molecule has 2 atom stereocenters. The number of fused-ring (bicyclic) bond motifs is 3. The molecule has 2 nitrogen and oxygen atoms in total. The maximum absolute atomic E-state index is 6.21. The minimum Gasteiger partial charge on any atom is -0.367 e. The third-order valence-corrected chi connectivity index (χ3v) is 4.13. The van der Waals surface area contributed by atoms with E-state index in [1.54, 1.807) is 0 Å². The van der Waals surface area contributed by atoms with Gasteiger partial charge in [0.25, 0.3) is 0 Å². The fraction of sp³-hybridized carbons (Fsp3) is 0.538. The Hall–Kier alpha value is -0.730. The van der Waals surface area contributed by atoms with Gasteiger partial charge in [-0.25, -0.2) is 0 Å². The van der Waals surface area contributed by atoms with Crippen LogP contribution < -0.4 is 10.6 Å². The molecule has 16 heavy (non-hydrogen) atoms. The second-order valence-electron chi connectivity index (χ2n) is 4.88. The smallest absolute Gasteiger partial charge is 0.0444 e. The van der Waals surface area contributed by atoms with Gasteiger partial charge in [0, 0.05) is 29.3 Å². The first kappa shape index (κ1) is 10.4. The number of rotatable bonds is 0. The van der Waals surface area contributed by atoms with E-state index in [4.69, 9.17) is 17.3 Å². The molecule has 0 aromatic heterocycles. The van der Waals surface area contributed by atoms with E-state index < -0.39 is 0 Å². The van der Waals surface area contributed by atoms with Gasteiger partial charge >= 0.3 is 0 Å². The predicted octanol–water partition coefficient (Wildman–Crippen LogP) is 2.58. The summed E-state index contributed by atoms with van der Waals surface area (Å²) in [5.41, 5.74) is 8.95. The summed E-state index contributed by atoms with van der Waals surface area (Å²) in [6.07, 6.45) is 4.67. The van der Waals surface area contributed by atoms with Gasteiger partial charge in [-0.3, -0.25) is 0 Å². The Morgan fingerprint density at radius 3 is 3.06 bits per heavy atom. The van der Waals surface area contributed by atoms with Gasteiger partial charge in [-0.1, -0.05) is 11.6 Å². The molecule has 0 amide bonds. The SMILES string of the molecule is NC1CCCN2c3ccc(Cl)cc3CCC12. The van der Waals surface area contributed by atoms with E-state index in [0.29, 0.717) is 12.1 Å². The van der Waals surface area contributed by atoms with E-state index >= 15 is 0 Å². The Labute approximate surface area is 101 Å². The van der Waals surface area contributed by atoms with Gasteiger partial charge in [0.2, 0.25) is 0 Å². The van der Waals surface area contributed by atoms with Gasteiger partial charge in [-0.05, 0) is 49.4 Å². The summed E-state index contributed by atoms with van der Waals surface area (Å²) in [5, 5.41) is 0.846. The lowest BCUT2D eigenvalue weighted by atomic mass is 9.87. The summed E-state index contributed by atoms with van der Waals surface area (Å²) >= 11 is 6.04. The van der Waals surface area contributed by atoms with Crippen molar-refractivity contribution in [3.63, 3.8) is 0 Å². The number of piperidine rings is 1. The highest BCUT2D eigenvalue weighted by Gasteiger charge is 2.33. The maximum atomic E-state index is 6.21. The first-order valence-electron chi connectivity index (χ1n) is 6.06. The quantitative estimate of drug-likeness (QED) is 0.750. The van der Waals surface area contributed by atoms with Gasteiger partial charge in [0.1, 0.15) is 0 Å². The number of benzene rings is 1. The Kier molecular flexibility index (Phi) is 2.56. The second-order valence-corrected chi connectivity index (χ2v) is 5.31. The molecule has 2 unspecified atom stereocenters. The van der Waals surface area contributed by atoms with E-state index in [9.17, 15) is 0 Å². The summed E-state index contributed by atoms with van der Waals surface area (Å²) < 4.78 is 0. The van der Waals surface area contributed by atoms with E-state index in [0.717, 1.165) is 18.0 Å². The molecule has 1 aromatic rings. The molecule has 0 aliphatic carbocycles. The Morgan fingerprint density at radius 1 is 1.31 bits per heavy atom. The lowest BCUT2D eigenvalue weighted by molar-refractivity contribution is 0.372. The van der Waals surface area contributed by atoms with Crippen LogP contribution in [0, 0.1) is 0 Å². The first-order valence-corrected chi connectivity index (χ1v) is 6.44. The molecule has 86 valence electrons. The van der Waals surface area contributed by atoms with Crippen LogP contribution >= 0.6 is 11.6 Å². The average Bonchev–Trinajstić information content (AvgIpc) is 2.28. The van der Waals surface area contributed by atoms with Crippen LogP contribution in [0.1, 0.15) is 24.8 Å². The summed E-state index contributed by atoms with van der Waals surface area (Å²) in [7, 11) is 0. The first-order chi connectivity index (χ1) is 7.75. The number of anilines is 1. The van der Waals surface area contributed by atoms with Gasteiger partial charge in [0.15, 0.2) is 0 Å². The van der Waals surface area contributed by atoms with Crippen molar-refractivity contribution in [1.29, 1.82) is 0 Å². The van der Waals surface area contributed by atoms with Crippen molar-refractivity contribution in [3.8, 4) is 0 Å². The van der Waals surface area contributed by atoms with Crippen LogP contribution in [0.2, 0.25) is 5.02 Å². The predicted molar refractivity (Wildman–Crippen MR) is 68.1 cm³/mol. The Bertz CT molecular complexity index is 405. The van der Waals surface area contributed by atoms with Crippen molar-refractivity contribution in [2.24, 2.45) is 5.73 Å². The molecule has 0 saturated carbocycles. The Morgan fingerprint density at radius 2 is 2.19 bits per heavy atom. The molecule has 1 saturated heterocycles. The van der Waals surface area contributed by atoms with Crippen LogP contribution in [0.15, 0.2) is 18.2 Å². The third kappa shape index (κ3) is 1.61. The highest BCUT2D eigenvalue weighted by molar-refractivity contribution is 6.30. The monoisotopic (exact) mass is 236 g/mol. The molecule has 2 N–H and O–H groups in total. The summed E-state index contributed by atoms with van der Waals surface area (Å²) in [4.78, 5) is 2.49. The van der Waals surface area contributed by atoms with E-state index in [1.165, 1.54) is 30.5 Å². The van der Waals surface area contributed by atoms with Gasteiger partial charge < -0.3 is 10.6 Å². The van der Waals surface area contributed by atoms with Crippen molar-refractivity contribution in [2.45, 2.75) is 37.8 Å². The number of nitrogens with zero attached hydrogens (tertiary/aromatic N) is 1. The molecule has 2 aliphatic rings. The number of hydrogen-bond acceptors (Lipinski definition) is 2.